The monoisotopic (exact) mass is 451 g/mol. The molecule has 1 fully saturated rings. The van der Waals surface area contributed by atoms with Crippen molar-refractivity contribution in [1.82, 2.24) is 4.90 Å². The molecule has 1 atom stereocenters. The van der Waals surface area contributed by atoms with Gasteiger partial charge in [0.2, 0.25) is 0 Å². The van der Waals surface area contributed by atoms with Crippen LogP contribution in [0.1, 0.15) is 39.4 Å². The summed E-state index contributed by atoms with van der Waals surface area (Å²) in [6, 6.07) is 11.3. The van der Waals surface area contributed by atoms with Crippen LogP contribution in [0.25, 0.3) is 0 Å². The van der Waals surface area contributed by atoms with Crippen molar-refractivity contribution in [3.05, 3.63) is 48.4 Å². The van der Waals surface area contributed by atoms with E-state index in [0.717, 1.165) is 25.2 Å². The number of hydrogen-bond acceptors (Lipinski definition) is 7. The minimum atomic E-state index is -0.513. The van der Waals surface area contributed by atoms with Crippen molar-refractivity contribution < 1.29 is 18.7 Å². The van der Waals surface area contributed by atoms with Gasteiger partial charge in [-0.2, -0.15) is 5.10 Å². The maximum absolute atomic E-state index is 12.5. The number of anilines is 2. The number of carbonyl (C=O) groups is 2. The second-order valence-corrected chi connectivity index (χ2v) is 9.23. The molecule has 9 heteroatoms. The highest BCUT2D eigenvalue weighted by atomic mass is 16.6. The minimum absolute atomic E-state index is 0.0861. The summed E-state index contributed by atoms with van der Waals surface area (Å²) in [6.45, 7) is 7.16. The third-order valence-corrected chi connectivity index (χ3v) is 5.58. The quantitative estimate of drug-likeness (QED) is 0.743. The van der Waals surface area contributed by atoms with Crippen LogP contribution in [0.4, 0.5) is 16.2 Å². The predicted octanol–water partition coefficient (Wildman–Crippen LogP) is 3.91. The molecule has 174 valence electrons. The topological polar surface area (TPSA) is 99.7 Å². The number of carbonyl (C=O) groups excluding carboxylic acids is 2. The molecule has 1 saturated heterocycles. The number of amides is 2. The Morgan fingerprint density at radius 3 is 2.61 bits per heavy atom. The number of furan rings is 1. The average molecular weight is 452 g/mol. The summed E-state index contributed by atoms with van der Waals surface area (Å²) in [6.07, 6.45) is 2.46. The van der Waals surface area contributed by atoms with Crippen molar-refractivity contribution >= 4 is 34.8 Å². The first-order chi connectivity index (χ1) is 15.7. The van der Waals surface area contributed by atoms with Gasteiger partial charge in [0.25, 0.3) is 5.91 Å². The molecule has 2 aromatic rings. The van der Waals surface area contributed by atoms with E-state index in [1.807, 2.05) is 45.0 Å². The van der Waals surface area contributed by atoms with Crippen molar-refractivity contribution in [1.29, 1.82) is 0 Å². The molecule has 1 N–H and O–H groups in total. The van der Waals surface area contributed by atoms with Crippen LogP contribution in [-0.2, 0) is 9.53 Å². The molecular formula is C24H29N5O4. The van der Waals surface area contributed by atoms with Crippen LogP contribution in [0.5, 0.6) is 0 Å². The van der Waals surface area contributed by atoms with Gasteiger partial charge in [0.05, 0.1) is 12.3 Å². The van der Waals surface area contributed by atoms with Crippen molar-refractivity contribution in [2.75, 3.05) is 30.4 Å². The number of ether oxygens (including phenoxy) is 1. The molecule has 0 spiro atoms. The van der Waals surface area contributed by atoms with Gasteiger partial charge in [-0.05, 0) is 63.6 Å². The fourth-order valence-electron chi connectivity index (χ4n) is 3.79. The SMILES string of the molecule is CN(C(=O)OC(C)(C)C)C1CCN(c2ccc(NC(=O)C3=NN=C(c4ccco4)C3)cc2)C1. The molecule has 3 heterocycles. The molecule has 1 aromatic heterocycles. The van der Waals surface area contributed by atoms with Crippen LogP contribution in [0, 0.1) is 0 Å². The number of rotatable bonds is 5. The zero-order chi connectivity index (χ0) is 23.6. The van der Waals surface area contributed by atoms with E-state index in [1.165, 1.54) is 0 Å². The molecule has 0 bridgehead atoms. The highest BCUT2D eigenvalue weighted by molar-refractivity contribution is 6.47. The fraction of sp³-hybridized carbons (Fsp3) is 0.417. The largest absolute Gasteiger partial charge is 0.463 e. The molecule has 1 unspecified atom stereocenters. The average Bonchev–Trinajstić information content (AvgIpc) is 3.53. The van der Waals surface area contributed by atoms with Gasteiger partial charge >= 0.3 is 6.09 Å². The lowest BCUT2D eigenvalue weighted by Crippen LogP contribution is -2.42. The Morgan fingerprint density at radius 2 is 1.94 bits per heavy atom. The highest BCUT2D eigenvalue weighted by Crippen LogP contribution is 2.25. The van der Waals surface area contributed by atoms with E-state index >= 15 is 0 Å². The third-order valence-electron chi connectivity index (χ3n) is 5.58. The summed E-state index contributed by atoms with van der Waals surface area (Å²) in [5.74, 6) is 0.334. The van der Waals surface area contributed by atoms with Gasteiger partial charge in [0.1, 0.15) is 22.8 Å². The van der Waals surface area contributed by atoms with E-state index in [-0.39, 0.29) is 18.0 Å². The van der Waals surface area contributed by atoms with E-state index < -0.39 is 5.60 Å². The van der Waals surface area contributed by atoms with Crippen molar-refractivity contribution in [3.8, 4) is 0 Å². The molecule has 0 saturated carbocycles. The normalized spacial score (nSPS) is 18.1. The van der Waals surface area contributed by atoms with Crippen LogP contribution in [0.3, 0.4) is 0 Å². The van der Waals surface area contributed by atoms with E-state index in [2.05, 4.69) is 20.4 Å². The van der Waals surface area contributed by atoms with E-state index in [9.17, 15) is 9.59 Å². The van der Waals surface area contributed by atoms with E-state index in [1.54, 1.807) is 30.3 Å². The second-order valence-electron chi connectivity index (χ2n) is 9.23. The van der Waals surface area contributed by atoms with E-state index in [4.69, 9.17) is 9.15 Å². The maximum Gasteiger partial charge on any atom is 0.410 e. The molecule has 2 aliphatic rings. The minimum Gasteiger partial charge on any atom is -0.463 e. The molecule has 0 radical (unpaired) electrons. The number of nitrogens with one attached hydrogen (secondary N) is 1. The maximum atomic E-state index is 12.5. The third kappa shape index (κ3) is 5.42. The van der Waals surface area contributed by atoms with Crippen LogP contribution >= 0.6 is 0 Å². The molecule has 33 heavy (non-hydrogen) atoms. The summed E-state index contributed by atoms with van der Waals surface area (Å²) in [4.78, 5) is 28.8. The van der Waals surface area contributed by atoms with Crippen molar-refractivity contribution in [3.63, 3.8) is 0 Å². The summed E-state index contributed by atoms with van der Waals surface area (Å²) in [5.41, 5.74) is 2.19. The number of likely N-dealkylation sites (N-methyl/N-ethyl adjacent to an activating group) is 1. The number of nitrogens with zero attached hydrogens (tertiary/aromatic N) is 4. The Labute approximate surface area is 193 Å². The molecular weight excluding hydrogens is 422 g/mol. The Bertz CT molecular complexity index is 1070. The van der Waals surface area contributed by atoms with Crippen molar-refractivity contribution in [2.45, 2.75) is 45.3 Å². The smallest absolute Gasteiger partial charge is 0.410 e. The molecule has 4 rings (SSSR count). The number of hydrogen-bond donors (Lipinski definition) is 1. The molecule has 9 nitrogen and oxygen atoms in total. The second kappa shape index (κ2) is 9.09. The van der Waals surface area contributed by atoms with Crippen LogP contribution in [0.15, 0.2) is 57.3 Å². The Balaban J connectivity index is 1.29. The van der Waals surface area contributed by atoms with Gasteiger partial charge in [-0.25, -0.2) is 4.79 Å². The summed E-state index contributed by atoms with van der Waals surface area (Å²) in [7, 11) is 1.79. The van der Waals surface area contributed by atoms with Gasteiger partial charge in [0.15, 0.2) is 0 Å². The van der Waals surface area contributed by atoms with Crippen molar-refractivity contribution in [2.24, 2.45) is 10.2 Å². The zero-order valence-corrected chi connectivity index (χ0v) is 19.4. The first kappa shape index (κ1) is 22.6. The lowest BCUT2D eigenvalue weighted by Gasteiger charge is -2.28. The van der Waals surface area contributed by atoms with Gasteiger partial charge in [0, 0.05) is 37.9 Å². The van der Waals surface area contributed by atoms with Gasteiger partial charge in [-0.15, -0.1) is 5.10 Å². The van der Waals surface area contributed by atoms with Crippen LogP contribution in [0.2, 0.25) is 0 Å². The Kier molecular flexibility index (Phi) is 6.22. The van der Waals surface area contributed by atoms with Crippen LogP contribution in [-0.4, -0.2) is 60.1 Å². The molecule has 0 aliphatic carbocycles. The van der Waals surface area contributed by atoms with Crippen LogP contribution < -0.4 is 10.2 Å². The Hall–Kier alpha value is -3.62. The van der Waals surface area contributed by atoms with E-state index in [0.29, 0.717) is 29.3 Å². The lowest BCUT2D eigenvalue weighted by atomic mass is 10.1. The highest BCUT2D eigenvalue weighted by Gasteiger charge is 2.31. The first-order valence-electron chi connectivity index (χ1n) is 11.0. The fourth-order valence-corrected chi connectivity index (χ4v) is 3.79. The summed E-state index contributed by atoms with van der Waals surface area (Å²) in [5, 5.41) is 10.9. The van der Waals surface area contributed by atoms with Gasteiger partial charge < -0.3 is 24.3 Å². The summed E-state index contributed by atoms with van der Waals surface area (Å²) >= 11 is 0. The zero-order valence-electron chi connectivity index (χ0n) is 19.4. The summed E-state index contributed by atoms with van der Waals surface area (Å²) < 4.78 is 10.8. The number of benzene rings is 1. The van der Waals surface area contributed by atoms with Gasteiger partial charge in [-0.1, -0.05) is 0 Å². The molecule has 1 aromatic carbocycles. The van der Waals surface area contributed by atoms with Gasteiger partial charge in [-0.3, -0.25) is 4.79 Å². The first-order valence-corrected chi connectivity index (χ1v) is 11.0. The molecule has 2 aliphatic heterocycles. The predicted molar refractivity (Wildman–Crippen MR) is 127 cm³/mol. The lowest BCUT2D eigenvalue weighted by molar-refractivity contribution is -0.110. The Morgan fingerprint density at radius 1 is 1.18 bits per heavy atom. The standard InChI is InChI=1S/C24H29N5O4/c1-24(2,3)33-23(31)28(4)18-11-12-29(15-18)17-9-7-16(8-10-17)25-22(30)20-14-19(26-27-20)21-6-5-13-32-21/h5-10,13,18H,11-12,14-15H2,1-4H3,(H,25,30). The molecule has 2 amide bonds.